The zero-order valence-electron chi connectivity index (χ0n) is 30.3. The molecule has 0 fully saturated rings. The van der Waals surface area contributed by atoms with Crippen LogP contribution in [-0.4, -0.2) is 0 Å². The molecule has 0 saturated carbocycles. The lowest BCUT2D eigenvalue weighted by Gasteiger charge is -1.93. The van der Waals surface area contributed by atoms with Crippen LogP contribution in [0, 0.1) is 0 Å². The lowest BCUT2D eigenvalue weighted by atomic mass is 10.1. The van der Waals surface area contributed by atoms with Gasteiger partial charge in [-0.1, -0.05) is 0 Å². The Morgan fingerprint density at radius 2 is 0.633 bits per heavy atom. The summed E-state index contributed by atoms with van der Waals surface area (Å²) in [5.74, 6) is 0. The van der Waals surface area contributed by atoms with Crippen molar-refractivity contribution < 1.29 is 0 Å². The van der Waals surface area contributed by atoms with Crippen molar-refractivity contribution in [3.63, 3.8) is 0 Å². The Balaban J connectivity index is 0.755. The van der Waals surface area contributed by atoms with Crippen LogP contribution in [0.1, 0.15) is 0 Å². The third kappa shape index (κ3) is 4.66. The molecule has 0 radical (unpaired) electrons. The van der Waals surface area contributed by atoms with Gasteiger partial charge in [-0.15, -0.1) is 136 Å². The van der Waals surface area contributed by atoms with Gasteiger partial charge < -0.3 is 0 Å². The van der Waals surface area contributed by atoms with Crippen molar-refractivity contribution in [2.24, 2.45) is 0 Å². The van der Waals surface area contributed by atoms with Crippen LogP contribution < -0.4 is 0 Å². The molecule has 12 aromatic heterocycles. The molecule has 4 aromatic carbocycles. The van der Waals surface area contributed by atoms with E-state index in [1.54, 1.807) is 0 Å². The Hall–Kier alpha value is -3.60. The Bertz CT molecular complexity index is 4200. The highest BCUT2D eigenvalue weighted by atomic mass is 32.1. The maximum Gasteiger partial charge on any atom is 0.0542 e. The summed E-state index contributed by atoms with van der Waals surface area (Å²) in [5.41, 5.74) is 2.80. The van der Waals surface area contributed by atoms with Gasteiger partial charge >= 0.3 is 0 Å². The molecule has 0 amide bonds. The second-order valence-corrected chi connectivity index (χ2v) is 27.4. The number of fused-ring (bicyclic) bond motifs is 16. The predicted molar refractivity (Wildman–Crippen MR) is 287 cm³/mol. The second kappa shape index (κ2) is 12.1. The lowest BCUT2D eigenvalue weighted by Crippen LogP contribution is -1.65. The molecule has 0 atom stereocenters. The first-order valence-electron chi connectivity index (χ1n) is 19.0. The van der Waals surface area contributed by atoms with Gasteiger partial charge in [0, 0.05) is 110 Å². The molecular formula is C48H18S12. The van der Waals surface area contributed by atoms with Crippen molar-refractivity contribution in [2.75, 3.05) is 0 Å². The monoisotopic (exact) mass is 978 g/mol. The number of hydrogen-bond acceptors (Lipinski definition) is 12. The van der Waals surface area contributed by atoms with E-state index in [1.807, 2.05) is 136 Å². The molecule has 0 spiro atoms. The van der Waals surface area contributed by atoms with E-state index in [1.165, 1.54) is 149 Å². The van der Waals surface area contributed by atoms with Gasteiger partial charge in [0.1, 0.15) is 0 Å². The summed E-state index contributed by atoms with van der Waals surface area (Å²) in [5, 5.41) is 20.3. The summed E-state index contributed by atoms with van der Waals surface area (Å²) in [6.45, 7) is 0. The molecule has 60 heavy (non-hydrogen) atoms. The SMILES string of the molecule is c1cc2sc3cc4sc(-c5cc6cc7c(cc6s5)sc5c(-c6csc8c6sc6cc9cc(-c%10cc%11cc%12sc%13ccsc%13c%12cc%11s%10)sc9cc68)csc57)cc4cc3c2s1. The van der Waals surface area contributed by atoms with Gasteiger partial charge in [0.2, 0.25) is 0 Å². The summed E-state index contributed by atoms with van der Waals surface area (Å²) < 4.78 is 22.5. The first-order valence-corrected chi connectivity index (χ1v) is 29.1. The van der Waals surface area contributed by atoms with Gasteiger partial charge in [0.15, 0.2) is 0 Å². The molecule has 16 aromatic rings. The number of benzene rings is 4. The van der Waals surface area contributed by atoms with E-state index in [9.17, 15) is 0 Å². The maximum absolute atomic E-state index is 2.47. The molecule has 0 aliphatic rings. The number of rotatable bonds is 3. The van der Waals surface area contributed by atoms with Crippen LogP contribution in [0.4, 0.5) is 0 Å². The zero-order chi connectivity index (χ0) is 38.5. The fourth-order valence-corrected chi connectivity index (χ4v) is 23.3. The molecule has 0 bridgehead atoms. The molecule has 0 unspecified atom stereocenters. The second-order valence-electron chi connectivity index (χ2n) is 15.2. The topological polar surface area (TPSA) is 0 Å². The summed E-state index contributed by atoms with van der Waals surface area (Å²) in [7, 11) is 0. The standard InChI is InChI=1S/C48H18S12/c1-3-49-43-23-5-19-9-39(57-33(19)15-37(23)54-29(1)43)40-10-20-6-24-38(16-34(20)58-40)60-47-27(17-51-45(24)47)28-18-52-46-26-14-32-22(8-36(26)59-48(28)46)12-42(56-32)41-11-21-7-35-25(13-31(21)55-41)44-30(53-35)2-4-50-44/h1-18H. The minimum absolute atomic E-state index is 1.36. The van der Waals surface area contributed by atoms with Crippen molar-refractivity contribution in [1.29, 1.82) is 0 Å². The quantitative estimate of drug-likeness (QED) is 0.165. The van der Waals surface area contributed by atoms with Crippen molar-refractivity contribution in [1.82, 2.24) is 0 Å². The maximum atomic E-state index is 2.47. The van der Waals surface area contributed by atoms with E-state index in [0.717, 1.165) is 0 Å². The Morgan fingerprint density at radius 3 is 1.15 bits per heavy atom. The molecule has 12 heterocycles. The van der Waals surface area contributed by atoms with E-state index in [4.69, 9.17) is 0 Å². The van der Waals surface area contributed by atoms with Crippen LogP contribution in [0.25, 0.3) is 149 Å². The van der Waals surface area contributed by atoms with Crippen molar-refractivity contribution in [3.05, 3.63) is 106 Å². The van der Waals surface area contributed by atoms with Gasteiger partial charge in [0.05, 0.1) is 28.2 Å². The molecule has 0 nitrogen and oxygen atoms in total. The Kier molecular flexibility index (Phi) is 6.85. The van der Waals surface area contributed by atoms with Crippen molar-refractivity contribution in [3.8, 4) is 30.6 Å². The molecule has 16 rings (SSSR count). The Morgan fingerprint density at radius 1 is 0.250 bits per heavy atom. The van der Waals surface area contributed by atoms with Crippen LogP contribution in [0.3, 0.4) is 0 Å². The summed E-state index contributed by atoms with van der Waals surface area (Å²) >= 11 is 23.1. The van der Waals surface area contributed by atoms with Gasteiger partial charge in [-0.25, -0.2) is 0 Å². The Labute approximate surface area is 386 Å². The number of thiophene rings is 12. The van der Waals surface area contributed by atoms with Gasteiger partial charge in [0.25, 0.3) is 0 Å². The highest BCUT2D eigenvalue weighted by Gasteiger charge is 2.21. The van der Waals surface area contributed by atoms with Crippen LogP contribution in [-0.2, 0) is 0 Å². The van der Waals surface area contributed by atoms with Crippen LogP contribution in [0.2, 0.25) is 0 Å². The fourth-order valence-electron chi connectivity index (χ4n) is 9.05. The van der Waals surface area contributed by atoms with Gasteiger partial charge in [-0.3, -0.25) is 0 Å². The smallest absolute Gasteiger partial charge is 0.0542 e. The normalized spacial score (nSPS) is 13.0. The molecule has 12 heteroatoms. The minimum atomic E-state index is 1.36. The van der Waals surface area contributed by atoms with E-state index in [-0.39, 0.29) is 0 Å². The largest absolute Gasteiger partial charge is 0.142 e. The fraction of sp³-hybridized carbons (Fsp3) is 0. The average molecular weight is 979 g/mol. The molecule has 0 aliphatic carbocycles. The van der Waals surface area contributed by atoms with Crippen LogP contribution in [0.15, 0.2) is 106 Å². The highest BCUT2D eigenvalue weighted by Crippen LogP contribution is 2.53. The van der Waals surface area contributed by atoms with Gasteiger partial charge in [-0.2, -0.15) is 0 Å². The molecule has 0 aliphatic heterocycles. The zero-order valence-corrected chi connectivity index (χ0v) is 40.1. The average Bonchev–Trinajstić information content (AvgIpc) is 4.08. The third-order valence-electron chi connectivity index (χ3n) is 11.8. The third-order valence-corrected chi connectivity index (χ3v) is 25.7. The highest BCUT2D eigenvalue weighted by molar-refractivity contribution is 7.36. The van der Waals surface area contributed by atoms with E-state index in [2.05, 4.69) is 106 Å². The van der Waals surface area contributed by atoms with Gasteiger partial charge in [-0.05, 0) is 117 Å². The summed E-state index contributed by atoms with van der Waals surface area (Å²) in [4.78, 5) is 5.49. The lowest BCUT2D eigenvalue weighted by molar-refractivity contribution is 1.99. The molecule has 282 valence electrons. The van der Waals surface area contributed by atoms with Crippen molar-refractivity contribution in [2.45, 2.75) is 0 Å². The van der Waals surface area contributed by atoms with Crippen molar-refractivity contribution >= 4 is 254 Å². The molecule has 0 N–H and O–H groups in total. The first-order chi connectivity index (χ1) is 29.6. The molecule has 0 saturated heterocycles. The summed E-state index contributed by atoms with van der Waals surface area (Å²) in [6, 6.07) is 33.7. The van der Waals surface area contributed by atoms with E-state index < -0.39 is 0 Å². The van der Waals surface area contributed by atoms with E-state index >= 15 is 0 Å². The van der Waals surface area contributed by atoms with Crippen LogP contribution >= 0.6 is 136 Å². The number of hydrogen-bond donors (Lipinski definition) is 0. The predicted octanol–water partition coefficient (Wildman–Crippen LogP) is 21.3. The van der Waals surface area contributed by atoms with Crippen LogP contribution in [0.5, 0.6) is 0 Å². The summed E-state index contributed by atoms with van der Waals surface area (Å²) in [6.07, 6.45) is 0. The minimum Gasteiger partial charge on any atom is -0.142 e. The molecular weight excluding hydrogens is 961 g/mol. The first kappa shape index (κ1) is 34.0. The van der Waals surface area contributed by atoms with E-state index in [0.29, 0.717) is 0 Å².